The van der Waals surface area contributed by atoms with Gasteiger partial charge in [0.25, 0.3) is 5.56 Å². The smallest absolute Gasteiger partial charge is 0.268 e. The highest BCUT2D eigenvalue weighted by Crippen LogP contribution is 2.18. The molecule has 0 aliphatic heterocycles. The molecule has 3 rings (SSSR count). The minimum absolute atomic E-state index is 0.167. The molecule has 3 aromatic rings. The van der Waals surface area contributed by atoms with Crippen molar-refractivity contribution < 1.29 is 4.42 Å². The molecule has 2 heterocycles. The van der Waals surface area contributed by atoms with Crippen molar-refractivity contribution in [2.45, 2.75) is 13.5 Å². The summed E-state index contributed by atoms with van der Waals surface area (Å²) < 4.78 is 7.46. The van der Waals surface area contributed by atoms with Gasteiger partial charge >= 0.3 is 0 Å². The third-order valence-corrected chi connectivity index (χ3v) is 3.83. The average molecular weight is 335 g/mol. The molecule has 2 aromatic heterocycles. The van der Waals surface area contributed by atoms with Gasteiger partial charge in [0.05, 0.1) is 12.0 Å². The van der Waals surface area contributed by atoms with Crippen LogP contribution in [0.25, 0.3) is 11.1 Å². The lowest BCUT2D eigenvalue weighted by atomic mass is 10.3. The number of nitrogens with zero attached hydrogens (tertiary/aromatic N) is 3. The predicted octanol–water partition coefficient (Wildman–Crippen LogP) is 2.09. The predicted molar refractivity (Wildman–Crippen MR) is 78.5 cm³/mol. The Morgan fingerprint density at radius 2 is 2.25 bits per heavy atom. The number of fused-ring (bicyclic) bond motifs is 1. The Balaban J connectivity index is 2.01. The Morgan fingerprint density at radius 1 is 1.45 bits per heavy atom. The Hall–Kier alpha value is -2.15. The summed E-state index contributed by atoms with van der Waals surface area (Å²) in [6.07, 6.45) is 1.48. The van der Waals surface area contributed by atoms with E-state index in [2.05, 4.69) is 25.9 Å². The van der Waals surface area contributed by atoms with Gasteiger partial charge in [-0.25, -0.2) is 9.97 Å². The first kappa shape index (κ1) is 12.9. The number of aromatic nitrogens is 3. The molecule has 0 aliphatic carbocycles. The first-order valence-electron chi connectivity index (χ1n) is 5.91. The molecular formula is C13H11BrN4O2. The topological polar surface area (TPSA) is 86.9 Å². The van der Waals surface area contributed by atoms with E-state index in [4.69, 9.17) is 10.2 Å². The van der Waals surface area contributed by atoms with Crippen LogP contribution in [0.5, 0.6) is 0 Å². The zero-order valence-corrected chi connectivity index (χ0v) is 12.2. The third kappa shape index (κ3) is 2.20. The number of oxazole rings is 1. The number of rotatable bonds is 2. The van der Waals surface area contributed by atoms with Gasteiger partial charge in [0.15, 0.2) is 5.58 Å². The maximum Gasteiger partial charge on any atom is 0.268 e. The van der Waals surface area contributed by atoms with Crippen molar-refractivity contribution in [2.24, 2.45) is 0 Å². The van der Waals surface area contributed by atoms with Crippen LogP contribution >= 0.6 is 15.9 Å². The molecule has 2 N–H and O–H groups in total. The van der Waals surface area contributed by atoms with E-state index >= 15 is 0 Å². The van der Waals surface area contributed by atoms with E-state index in [0.29, 0.717) is 32.8 Å². The molecule has 102 valence electrons. The van der Waals surface area contributed by atoms with Crippen LogP contribution in [0, 0.1) is 6.92 Å². The average Bonchev–Trinajstić information content (AvgIpc) is 2.81. The van der Waals surface area contributed by atoms with Gasteiger partial charge in [-0.1, -0.05) is 0 Å². The first-order chi connectivity index (χ1) is 9.54. The molecule has 0 amide bonds. The summed E-state index contributed by atoms with van der Waals surface area (Å²) in [4.78, 5) is 20.5. The molecule has 0 aliphatic rings. The van der Waals surface area contributed by atoms with Crippen LogP contribution in [0.1, 0.15) is 11.6 Å². The summed E-state index contributed by atoms with van der Waals surface area (Å²) in [7, 11) is 0. The van der Waals surface area contributed by atoms with Gasteiger partial charge < -0.3 is 10.2 Å². The Bertz CT molecular complexity index is 853. The summed E-state index contributed by atoms with van der Waals surface area (Å²) in [5.74, 6) is 0.435. The normalized spacial score (nSPS) is 11.1. The molecule has 6 nitrogen and oxygen atoms in total. The van der Waals surface area contributed by atoms with Crippen molar-refractivity contribution in [1.82, 2.24) is 14.5 Å². The summed E-state index contributed by atoms with van der Waals surface area (Å²) in [6, 6.07) is 5.24. The van der Waals surface area contributed by atoms with Gasteiger partial charge in [0.1, 0.15) is 16.5 Å². The molecule has 0 fully saturated rings. The second-order valence-corrected chi connectivity index (χ2v) is 5.20. The molecule has 0 bridgehead atoms. The van der Waals surface area contributed by atoms with Gasteiger partial charge in [-0.3, -0.25) is 9.36 Å². The number of aryl methyl sites for hydroxylation is 1. The van der Waals surface area contributed by atoms with Crippen molar-refractivity contribution in [1.29, 1.82) is 0 Å². The fourth-order valence-electron chi connectivity index (χ4n) is 1.86. The highest BCUT2D eigenvalue weighted by molar-refractivity contribution is 9.10. The van der Waals surface area contributed by atoms with Gasteiger partial charge in [0.2, 0.25) is 5.89 Å². The summed E-state index contributed by atoms with van der Waals surface area (Å²) in [5.41, 5.74) is 8.09. The Morgan fingerprint density at radius 3 is 3.05 bits per heavy atom. The lowest BCUT2D eigenvalue weighted by molar-refractivity contribution is 0.501. The second-order valence-electron chi connectivity index (χ2n) is 4.41. The van der Waals surface area contributed by atoms with E-state index in [-0.39, 0.29) is 12.1 Å². The van der Waals surface area contributed by atoms with Crippen LogP contribution < -0.4 is 11.3 Å². The van der Waals surface area contributed by atoms with E-state index in [9.17, 15) is 4.79 Å². The van der Waals surface area contributed by atoms with Gasteiger partial charge in [0, 0.05) is 11.8 Å². The van der Waals surface area contributed by atoms with Crippen LogP contribution in [0.2, 0.25) is 0 Å². The van der Waals surface area contributed by atoms with Gasteiger partial charge in [-0.05, 0) is 35.0 Å². The molecular weight excluding hydrogens is 324 g/mol. The molecule has 1 aromatic carbocycles. The van der Waals surface area contributed by atoms with Crippen molar-refractivity contribution in [2.75, 3.05) is 5.73 Å². The monoisotopic (exact) mass is 334 g/mol. The van der Waals surface area contributed by atoms with Crippen LogP contribution in [0.15, 0.2) is 38.2 Å². The largest absolute Gasteiger partial charge is 0.439 e. The summed E-state index contributed by atoms with van der Waals surface area (Å²) in [5, 5.41) is 0. The lowest BCUT2D eigenvalue weighted by Crippen LogP contribution is -2.22. The van der Waals surface area contributed by atoms with Crippen LogP contribution in [-0.4, -0.2) is 14.5 Å². The number of hydrogen-bond acceptors (Lipinski definition) is 5. The van der Waals surface area contributed by atoms with E-state index in [0.717, 1.165) is 0 Å². The fourth-order valence-corrected chi connectivity index (χ4v) is 2.19. The number of nitrogens with two attached hydrogens (primary N) is 1. The van der Waals surface area contributed by atoms with Crippen molar-refractivity contribution >= 4 is 32.7 Å². The Labute approximate surface area is 122 Å². The number of hydrogen-bond donors (Lipinski definition) is 1. The molecule has 20 heavy (non-hydrogen) atoms. The van der Waals surface area contributed by atoms with Crippen LogP contribution in [0.4, 0.5) is 5.69 Å². The molecule has 0 saturated carbocycles. The van der Waals surface area contributed by atoms with Crippen molar-refractivity contribution in [3.8, 4) is 0 Å². The number of anilines is 1. The highest BCUT2D eigenvalue weighted by atomic mass is 79.9. The SMILES string of the molecule is Cc1ncn(Cc2nc3ccc(N)cc3o2)c(=O)c1Br. The first-order valence-corrected chi connectivity index (χ1v) is 6.70. The van der Waals surface area contributed by atoms with E-state index in [1.165, 1.54) is 10.9 Å². The Kier molecular flexibility index (Phi) is 3.06. The minimum Gasteiger partial charge on any atom is -0.439 e. The molecule has 7 heteroatoms. The standard InChI is InChI=1S/C13H11BrN4O2/c1-7-12(14)13(19)18(6-16-7)5-11-17-9-3-2-8(15)4-10(9)20-11/h2-4,6H,5,15H2,1H3. The number of halogens is 1. The second kappa shape index (κ2) is 4.75. The van der Waals surface area contributed by atoms with Gasteiger partial charge in [-0.15, -0.1) is 0 Å². The molecule has 0 spiro atoms. The quantitative estimate of drug-likeness (QED) is 0.725. The summed E-state index contributed by atoms with van der Waals surface area (Å²) in [6.45, 7) is 1.98. The van der Waals surface area contributed by atoms with E-state index in [1.807, 2.05) is 0 Å². The number of benzene rings is 1. The van der Waals surface area contributed by atoms with Crippen LogP contribution in [0.3, 0.4) is 0 Å². The van der Waals surface area contributed by atoms with Crippen molar-refractivity contribution in [3.63, 3.8) is 0 Å². The summed E-state index contributed by atoms with van der Waals surface area (Å²) >= 11 is 3.22. The maximum absolute atomic E-state index is 12.0. The minimum atomic E-state index is -0.167. The zero-order valence-electron chi connectivity index (χ0n) is 10.6. The van der Waals surface area contributed by atoms with Crippen molar-refractivity contribution in [3.05, 3.63) is 50.9 Å². The highest BCUT2D eigenvalue weighted by Gasteiger charge is 2.10. The maximum atomic E-state index is 12.0. The zero-order chi connectivity index (χ0) is 14.3. The molecule has 0 saturated heterocycles. The lowest BCUT2D eigenvalue weighted by Gasteiger charge is -2.03. The number of nitrogen functional groups attached to an aromatic ring is 1. The third-order valence-electron chi connectivity index (χ3n) is 2.92. The van der Waals surface area contributed by atoms with Gasteiger partial charge in [-0.2, -0.15) is 0 Å². The van der Waals surface area contributed by atoms with E-state index in [1.54, 1.807) is 25.1 Å². The van der Waals surface area contributed by atoms with E-state index < -0.39 is 0 Å². The fraction of sp³-hybridized carbons (Fsp3) is 0.154. The molecule has 0 radical (unpaired) electrons. The molecule has 0 unspecified atom stereocenters. The van der Waals surface area contributed by atoms with Crippen LogP contribution in [-0.2, 0) is 6.54 Å². The molecule has 0 atom stereocenters.